The molecule has 9 nitrogen and oxygen atoms in total. The highest BCUT2D eigenvalue weighted by molar-refractivity contribution is 5.74. The molecule has 0 radical (unpaired) electrons. The molecule has 1 aliphatic rings. The van der Waals surface area contributed by atoms with Crippen LogP contribution in [0.5, 0.6) is 5.75 Å². The summed E-state index contributed by atoms with van der Waals surface area (Å²) in [6.45, 7) is 1.52. The van der Waals surface area contributed by atoms with E-state index in [9.17, 15) is 8.78 Å². The number of hydrogen-bond acceptors (Lipinski definition) is 8. The molecule has 1 fully saturated rings. The summed E-state index contributed by atoms with van der Waals surface area (Å²) in [5.41, 5.74) is 7.85. The number of likely N-dealkylation sites (N-methyl/N-ethyl adjacent to an activating group) is 1. The van der Waals surface area contributed by atoms with Crippen LogP contribution in [0.25, 0.3) is 22.5 Å². The van der Waals surface area contributed by atoms with Crippen molar-refractivity contribution in [2.75, 3.05) is 31.2 Å². The number of pyridine rings is 2. The maximum atomic E-state index is 14.7. The lowest BCUT2D eigenvalue weighted by molar-refractivity contribution is 0.199. The van der Waals surface area contributed by atoms with Crippen molar-refractivity contribution in [3.63, 3.8) is 0 Å². The largest absolute Gasteiger partial charge is 0.490 e. The highest BCUT2D eigenvalue weighted by Crippen LogP contribution is 2.35. The van der Waals surface area contributed by atoms with Crippen molar-refractivity contribution in [2.45, 2.75) is 18.9 Å². The van der Waals surface area contributed by atoms with E-state index < -0.39 is 11.8 Å². The average Bonchev–Trinajstić information content (AvgIpc) is 3.45. The van der Waals surface area contributed by atoms with E-state index >= 15 is 0 Å². The molecule has 0 spiro atoms. The molecule has 11 heteroatoms. The first-order chi connectivity index (χ1) is 17.4. The molecule has 1 unspecified atom stereocenters. The number of nitrogens with zero attached hydrogens (tertiary/aromatic N) is 6. The van der Waals surface area contributed by atoms with Crippen LogP contribution in [0.2, 0.25) is 0 Å². The monoisotopic (exact) mass is 492 g/mol. The third-order valence-electron chi connectivity index (χ3n) is 6.31. The minimum Gasteiger partial charge on any atom is -0.490 e. The van der Waals surface area contributed by atoms with Gasteiger partial charge in [-0.05, 0) is 62.3 Å². The van der Waals surface area contributed by atoms with Gasteiger partial charge in [-0.1, -0.05) is 6.07 Å². The van der Waals surface area contributed by atoms with E-state index in [4.69, 9.17) is 10.5 Å². The second-order valence-electron chi connectivity index (χ2n) is 8.73. The fourth-order valence-electron chi connectivity index (χ4n) is 4.22. The van der Waals surface area contributed by atoms with Crippen LogP contribution in [0.1, 0.15) is 12.8 Å². The molecule has 0 amide bonds. The zero-order chi connectivity index (χ0) is 25.2. The van der Waals surface area contributed by atoms with Crippen LogP contribution in [0.3, 0.4) is 0 Å². The van der Waals surface area contributed by atoms with E-state index in [2.05, 4.69) is 37.3 Å². The van der Waals surface area contributed by atoms with Gasteiger partial charge in [0.25, 0.3) is 0 Å². The molecular weight excluding hydrogens is 466 g/mol. The summed E-state index contributed by atoms with van der Waals surface area (Å²) in [4.78, 5) is 14.3. The Morgan fingerprint density at radius 1 is 1.11 bits per heavy atom. The molecule has 1 saturated heterocycles. The summed E-state index contributed by atoms with van der Waals surface area (Å²) in [5.74, 6) is 0.0701. The van der Waals surface area contributed by atoms with Crippen molar-refractivity contribution in [3.8, 4) is 28.3 Å². The Bertz CT molecular complexity index is 1380. The molecule has 36 heavy (non-hydrogen) atoms. The Labute approximate surface area is 207 Å². The van der Waals surface area contributed by atoms with Crippen LogP contribution in [0.4, 0.5) is 26.2 Å². The standard InChI is InChI=1S/C25H26F2N8O/c1-34-11-3-4-17(34)14-36-20-12-15(18-9-10-29-23(28)22(18)27)5-7-19(20)31-25-32-24(33-35(25)2)16-6-8-21(26)30-13-16/h5-10,12-13,17H,3-4,11,14H2,1-2H3,(H2,28,29)(H,31,32,33). The van der Waals surface area contributed by atoms with Gasteiger partial charge in [-0.3, -0.25) is 0 Å². The van der Waals surface area contributed by atoms with Gasteiger partial charge in [-0.2, -0.15) is 9.37 Å². The number of nitrogens with one attached hydrogen (secondary N) is 1. The second kappa shape index (κ2) is 9.86. The van der Waals surface area contributed by atoms with Crippen LogP contribution in [-0.2, 0) is 7.05 Å². The van der Waals surface area contributed by atoms with Crippen LogP contribution in [-0.4, -0.2) is 55.9 Å². The average molecular weight is 493 g/mol. The highest BCUT2D eigenvalue weighted by Gasteiger charge is 2.22. The van der Waals surface area contributed by atoms with E-state index in [-0.39, 0.29) is 5.82 Å². The van der Waals surface area contributed by atoms with Gasteiger partial charge in [0.1, 0.15) is 12.4 Å². The normalized spacial score (nSPS) is 15.8. The number of nitrogen functional groups attached to an aromatic ring is 1. The van der Waals surface area contributed by atoms with Gasteiger partial charge in [0, 0.05) is 36.6 Å². The van der Waals surface area contributed by atoms with Crippen LogP contribution >= 0.6 is 0 Å². The number of anilines is 3. The van der Waals surface area contributed by atoms with Crippen molar-refractivity contribution >= 4 is 17.5 Å². The van der Waals surface area contributed by atoms with E-state index in [0.29, 0.717) is 52.5 Å². The Kier molecular flexibility index (Phi) is 6.47. The summed E-state index contributed by atoms with van der Waals surface area (Å²) in [7, 11) is 3.82. The Morgan fingerprint density at radius 3 is 2.69 bits per heavy atom. The van der Waals surface area contributed by atoms with E-state index in [1.54, 1.807) is 42.1 Å². The van der Waals surface area contributed by atoms with Crippen molar-refractivity contribution in [1.82, 2.24) is 29.6 Å². The quantitative estimate of drug-likeness (QED) is 0.373. The molecule has 1 aromatic carbocycles. The SMILES string of the molecule is CN1CCCC1COc1cc(-c2ccnc(N)c2F)ccc1Nc1nc(-c2ccc(F)nc2)nn1C. The zero-order valence-electron chi connectivity index (χ0n) is 19.9. The first-order valence-electron chi connectivity index (χ1n) is 11.6. The van der Waals surface area contributed by atoms with Crippen molar-refractivity contribution in [3.05, 3.63) is 60.6 Å². The second-order valence-corrected chi connectivity index (χ2v) is 8.73. The van der Waals surface area contributed by atoms with Crippen LogP contribution in [0, 0.1) is 11.8 Å². The van der Waals surface area contributed by atoms with Gasteiger partial charge in [-0.25, -0.2) is 19.0 Å². The van der Waals surface area contributed by atoms with Crippen molar-refractivity contribution in [1.29, 1.82) is 0 Å². The lowest BCUT2D eigenvalue weighted by Crippen LogP contribution is -2.30. The molecule has 1 atom stereocenters. The summed E-state index contributed by atoms with van der Waals surface area (Å²) in [5, 5.41) is 7.66. The van der Waals surface area contributed by atoms with Gasteiger partial charge >= 0.3 is 0 Å². The number of halogens is 2. The van der Waals surface area contributed by atoms with Crippen LogP contribution in [0.15, 0.2) is 48.8 Å². The van der Waals surface area contributed by atoms with Gasteiger partial charge in [-0.15, -0.1) is 5.10 Å². The van der Waals surface area contributed by atoms with Crippen LogP contribution < -0.4 is 15.8 Å². The molecule has 1 aliphatic heterocycles. The number of likely N-dealkylation sites (tertiary alicyclic amines) is 1. The fraction of sp³-hybridized carbons (Fsp3) is 0.280. The Morgan fingerprint density at radius 2 is 1.94 bits per heavy atom. The predicted octanol–water partition coefficient (Wildman–Crippen LogP) is 4.02. The number of aromatic nitrogens is 5. The molecule has 3 N–H and O–H groups in total. The molecule has 0 bridgehead atoms. The minimum atomic E-state index is -0.578. The smallest absolute Gasteiger partial charge is 0.226 e. The Hall–Kier alpha value is -4.12. The maximum absolute atomic E-state index is 14.7. The van der Waals surface area contributed by atoms with Crippen molar-refractivity contribution < 1.29 is 13.5 Å². The number of ether oxygens (including phenoxy) is 1. The highest BCUT2D eigenvalue weighted by atomic mass is 19.1. The van der Waals surface area contributed by atoms with Crippen molar-refractivity contribution in [2.24, 2.45) is 7.05 Å². The molecule has 0 aliphatic carbocycles. The number of benzene rings is 1. The lowest BCUT2D eigenvalue weighted by atomic mass is 10.1. The van der Waals surface area contributed by atoms with E-state index in [1.165, 1.54) is 18.5 Å². The van der Waals surface area contributed by atoms with Gasteiger partial charge in [0.2, 0.25) is 11.9 Å². The third-order valence-corrected chi connectivity index (χ3v) is 6.31. The number of hydrogen-bond donors (Lipinski definition) is 2. The number of aryl methyl sites for hydroxylation is 1. The molecule has 3 aromatic heterocycles. The summed E-state index contributed by atoms with van der Waals surface area (Å²) < 4.78 is 35.7. The molecule has 4 aromatic rings. The maximum Gasteiger partial charge on any atom is 0.226 e. The first kappa shape index (κ1) is 23.6. The molecule has 186 valence electrons. The molecule has 5 rings (SSSR count). The first-order valence-corrected chi connectivity index (χ1v) is 11.6. The summed E-state index contributed by atoms with van der Waals surface area (Å²) >= 11 is 0. The van der Waals surface area contributed by atoms with Gasteiger partial charge in [0.05, 0.1) is 5.69 Å². The predicted molar refractivity (Wildman–Crippen MR) is 133 cm³/mol. The van der Waals surface area contributed by atoms with E-state index in [1.807, 2.05) is 0 Å². The summed E-state index contributed by atoms with van der Waals surface area (Å²) in [6.07, 6.45) is 5.02. The molecule has 0 saturated carbocycles. The molecular formula is C25H26F2N8O. The summed E-state index contributed by atoms with van der Waals surface area (Å²) in [6, 6.07) is 10.0. The lowest BCUT2D eigenvalue weighted by Gasteiger charge is -2.21. The van der Waals surface area contributed by atoms with E-state index in [0.717, 1.165) is 19.4 Å². The zero-order valence-corrected chi connectivity index (χ0v) is 19.9. The fourth-order valence-corrected chi connectivity index (χ4v) is 4.22. The Balaban J connectivity index is 1.47. The van der Waals surface area contributed by atoms with Gasteiger partial charge < -0.3 is 20.7 Å². The van der Waals surface area contributed by atoms with Gasteiger partial charge in [0.15, 0.2) is 17.5 Å². The number of nitrogens with two attached hydrogens (primary N) is 1. The third kappa shape index (κ3) is 4.82. The minimum absolute atomic E-state index is 0.161. The number of rotatable bonds is 7. The topological polar surface area (TPSA) is 107 Å². The molecule has 4 heterocycles.